The molecule has 4 unspecified atom stereocenters. The number of rotatable bonds is 2. The quantitative estimate of drug-likeness (QED) is 0.882. The van der Waals surface area contributed by atoms with Crippen molar-refractivity contribution in [3.63, 3.8) is 0 Å². The van der Waals surface area contributed by atoms with Crippen molar-refractivity contribution in [3.8, 4) is 0 Å². The highest BCUT2D eigenvalue weighted by Crippen LogP contribution is 2.40. The number of anilines is 1. The molecule has 0 amide bonds. The zero-order valence-electron chi connectivity index (χ0n) is 12.2. The van der Waals surface area contributed by atoms with Gasteiger partial charge in [-0.05, 0) is 56.2 Å². The van der Waals surface area contributed by atoms with Crippen LogP contribution in [-0.2, 0) is 6.42 Å². The van der Waals surface area contributed by atoms with Gasteiger partial charge in [0, 0.05) is 17.8 Å². The molecule has 1 heterocycles. The number of nitrogens with two attached hydrogens (primary N) is 1. The minimum atomic E-state index is 0.627. The maximum Gasteiger partial charge on any atom is 0.0404 e. The van der Waals surface area contributed by atoms with Gasteiger partial charge in [-0.25, -0.2) is 0 Å². The van der Waals surface area contributed by atoms with E-state index in [1.807, 2.05) is 0 Å². The summed E-state index contributed by atoms with van der Waals surface area (Å²) in [6, 6.07) is 10.2. The summed E-state index contributed by atoms with van der Waals surface area (Å²) in [7, 11) is 0. The van der Waals surface area contributed by atoms with Crippen LogP contribution in [0.15, 0.2) is 24.3 Å². The van der Waals surface area contributed by atoms with Gasteiger partial charge in [-0.2, -0.15) is 0 Å². The molecule has 3 rings (SSSR count). The molecule has 2 aliphatic rings. The van der Waals surface area contributed by atoms with Crippen LogP contribution < -0.4 is 10.6 Å². The Morgan fingerprint density at radius 3 is 2.79 bits per heavy atom. The van der Waals surface area contributed by atoms with Crippen LogP contribution in [0.3, 0.4) is 0 Å². The second-order valence-electron chi connectivity index (χ2n) is 6.57. The third-order valence-electron chi connectivity index (χ3n) is 5.14. The van der Waals surface area contributed by atoms with Gasteiger partial charge in [0.05, 0.1) is 0 Å². The van der Waals surface area contributed by atoms with Gasteiger partial charge in [0.25, 0.3) is 0 Å². The largest absolute Gasteiger partial charge is 0.365 e. The number of nitrogens with zero attached hydrogens (tertiary/aromatic N) is 1. The van der Waals surface area contributed by atoms with Crippen molar-refractivity contribution in [2.24, 2.45) is 17.6 Å². The molecule has 1 aromatic rings. The summed E-state index contributed by atoms with van der Waals surface area (Å²) in [5.74, 6) is 1.51. The lowest BCUT2D eigenvalue weighted by atomic mass is 9.78. The van der Waals surface area contributed by atoms with Crippen LogP contribution in [0.2, 0.25) is 0 Å². The second-order valence-corrected chi connectivity index (χ2v) is 6.57. The molecule has 0 spiro atoms. The van der Waals surface area contributed by atoms with Crippen molar-refractivity contribution in [2.75, 3.05) is 11.4 Å². The molecular weight excluding hydrogens is 232 g/mol. The lowest BCUT2D eigenvalue weighted by molar-refractivity contribution is 0.238. The summed E-state index contributed by atoms with van der Waals surface area (Å²) >= 11 is 0. The number of para-hydroxylation sites is 1. The number of fused-ring (bicyclic) bond motifs is 1. The Kier molecular flexibility index (Phi) is 3.53. The fourth-order valence-corrected chi connectivity index (χ4v) is 4.12. The SMILES string of the molecule is CC1CCC(CN)C(N2c3ccccc3CC2C)C1. The van der Waals surface area contributed by atoms with Crippen LogP contribution in [-0.4, -0.2) is 18.6 Å². The lowest BCUT2D eigenvalue weighted by Crippen LogP contribution is -2.49. The van der Waals surface area contributed by atoms with E-state index < -0.39 is 0 Å². The standard InChI is InChI=1S/C17H26N2/c1-12-7-8-15(11-18)17(9-12)19-13(2)10-14-5-3-4-6-16(14)19/h3-6,12-13,15,17H,7-11,18H2,1-2H3. The Hall–Kier alpha value is -1.02. The Labute approximate surface area is 117 Å². The molecular formula is C17H26N2. The van der Waals surface area contributed by atoms with Gasteiger partial charge in [-0.1, -0.05) is 31.5 Å². The van der Waals surface area contributed by atoms with Crippen LogP contribution in [0.25, 0.3) is 0 Å². The first-order valence-electron chi connectivity index (χ1n) is 7.77. The van der Waals surface area contributed by atoms with E-state index >= 15 is 0 Å². The third kappa shape index (κ3) is 2.27. The molecule has 0 bridgehead atoms. The summed E-state index contributed by atoms with van der Waals surface area (Å²) in [5.41, 5.74) is 9.03. The highest BCUT2D eigenvalue weighted by molar-refractivity contribution is 5.60. The predicted molar refractivity (Wildman–Crippen MR) is 81.4 cm³/mol. The molecule has 4 atom stereocenters. The molecule has 0 radical (unpaired) electrons. The molecule has 2 heteroatoms. The topological polar surface area (TPSA) is 29.3 Å². The van der Waals surface area contributed by atoms with Gasteiger partial charge in [-0.15, -0.1) is 0 Å². The van der Waals surface area contributed by atoms with E-state index in [-0.39, 0.29) is 0 Å². The van der Waals surface area contributed by atoms with Crippen LogP contribution >= 0.6 is 0 Å². The van der Waals surface area contributed by atoms with E-state index in [0.717, 1.165) is 12.5 Å². The van der Waals surface area contributed by atoms with Gasteiger partial charge in [-0.3, -0.25) is 0 Å². The summed E-state index contributed by atoms with van der Waals surface area (Å²) in [5, 5.41) is 0. The maximum atomic E-state index is 6.05. The first-order valence-corrected chi connectivity index (χ1v) is 7.77. The Morgan fingerprint density at radius 2 is 2.00 bits per heavy atom. The molecule has 0 aromatic heterocycles. The monoisotopic (exact) mass is 258 g/mol. The molecule has 1 aliphatic heterocycles. The third-order valence-corrected chi connectivity index (χ3v) is 5.14. The zero-order chi connectivity index (χ0) is 13.4. The average molecular weight is 258 g/mol. The molecule has 1 saturated carbocycles. The summed E-state index contributed by atoms with van der Waals surface area (Å²) < 4.78 is 0. The van der Waals surface area contributed by atoms with Crippen molar-refractivity contribution in [1.82, 2.24) is 0 Å². The van der Waals surface area contributed by atoms with Gasteiger partial charge in [0.1, 0.15) is 0 Å². The Balaban J connectivity index is 1.91. The predicted octanol–water partition coefficient (Wildman–Crippen LogP) is 3.20. The molecule has 2 nitrogen and oxygen atoms in total. The van der Waals surface area contributed by atoms with Gasteiger partial charge >= 0.3 is 0 Å². The van der Waals surface area contributed by atoms with Gasteiger partial charge < -0.3 is 10.6 Å². The van der Waals surface area contributed by atoms with E-state index in [1.165, 1.54) is 36.9 Å². The van der Waals surface area contributed by atoms with Crippen molar-refractivity contribution < 1.29 is 0 Å². The summed E-state index contributed by atoms with van der Waals surface area (Å²) in [6.45, 7) is 5.60. The number of hydrogen-bond acceptors (Lipinski definition) is 2. The molecule has 0 saturated heterocycles. The van der Waals surface area contributed by atoms with E-state index in [9.17, 15) is 0 Å². The van der Waals surface area contributed by atoms with Gasteiger partial charge in [0.2, 0.25) is 0 Å². The molecule has 1 aromatic carbocycles. The lowest BCUT2D eigenvalue weighted by Gasteiger charge is -2.43. The van der Waals surface area contributed by atoms with Crippen LogP contribution in [0.4, 0.5) is 5.69 Å². The number of hydrogen-bond donors (Lipinski definition) is 1. The first-order chi connectivity index (χ1) is 9.20. The smallest absolute Gasteiger partial charge is 0.0404 e. The highest BCUT2D eigenvalue weighted by Gasteiger charge is 2.37. The Bertz CT molecular complexity index is 443. The van der Waals surface area contributed by atoms with E-state index in [0.29, 0.717) is 18.0 Å². The normalized spacial score (nSPS) is 34.4. The van der Waals surface area contributed by atoms with Crippen LogP contribution in [0.5, 0.6) is 0 Å². The maximum absolute atomic E-state index is 6.05. The van der Waals surface area contributed by atoms with Crippen molar-refractivity contribution in [1.29, 1.82) is 0 Å². The van der Waals surface area contributed by atoms with E-state index in [2.05, 4.69) is 43.0 Å². The Morgan fingerprint density at radius 1 is 1.21 bits per heavy atom. The van der Waals surface area contributed by atoms with Crippen molar-refractivity contribution in [2.45, 2.75) is 51.6 Å². The fraction of sp³-hybridized carbons (Fsp3) is 0.647. The average Bonchev–Trinajstić information content (AvgIpc) is 2.74. The van der Waals surface area contributed by atoms with Gasteiger partial charge in [0.15, 0.2) is 0 Å². The molecule has 1 aliphatic carbocycles. The summed E-state index contributed by atoms with van der Waals surface area (Å²) in [4.78, 5) is 2.68. The summed E-state index contributed by atoms with van der Waals surface area (Å²) in [6.07, 6.45) is 5.15. The minimum Gasteiger partial charge on any atom is -0.365 e. The first kappa shape index (κ1) is 13.0. The molecule has 2 N–H and O–H groups in total. The number of benzene rings is 1. The fourth-order valence-electron chi connectivity index (χ4n) is 4.12. The van der Waals surface area contributed by atoms with Crippen LogP contribution in [0.1, 0.15) is 38.7 Å². The van der Waals surface area contributed by atoms with E-state index in [1.54, 1.807) is 0 Å². The zero-order valence-corrected chi connectivity index (χ0v) is 12.2. The molecule has 19 heavy (non-hydrogen) atoms. The molecule has 1 fully saturated rings. The van der Waals surface area contributed by atoms with E-state index in [4.69, 9.17) is 5.73 Å². The highest BCUT2D eigenvalue weighted by atomic mass is 15.2. The van der Waals surface area contributed by atoms with Crippen molar-refractivity contribution in [3.05, 3.63) is 29.8 Å². The second kappa shape index (κ2) is 5.16. The minimum absolute atomic E-state index is 0.627. The molecule has 104 valence electrons. The van der Waals surface area contributed by atoms with Crippen LogP contribution in [0, 0.1) is 11.8 Å². The van der Waals surface area contributed by atoms with Crippen molar-refractivity contribution >= 4 is 5.69 Å².